The molecule has 1 N–H and O–H groups in total. The van der Waals surface area contributed by atoms with Crippen LogP contribution in [-0.2, 0) is 4.79 Å². The number of amides is 1. The summed E-state index contributed by atoms with van der Waals surface area (Å²) in [6.45, 7) is 3.79. The molecular weight excluding hydrogens is 269 g/mol. The summed E-state index contributed by atoms with van der Waals surface area (Å²) < 4.78 is 18.5. The van der Waals surface area contributed by atoms with Crippen molar-refractivity contribution in [1.29, 1.82) is 0 Å². The van der Waals surface area contributed by atoms with Crippen LogP contribution in [0.15, 0.2) is 48.5 Å². The summed E-state index contributed by atoms with van der Waals surface area (Å²) in [6.07, 6.45) is -0.0928. The van der Waals surface area contributed by atoms with Crippen LogP contribution in [0.2, 0.25) is 0 Å². The van der Waals surface area contributed by atoms with Gasteiger partial charge in [0.25, 0.3) is 5.91 Å². The molecule has 3 nitrogen and oxygen atoms in total. The van der Waals surface area contributed by atoms with E-state index < -0.39 is 6.10 Å². The van der Waals surface area contributed by atoms with Gasteiger partial charge < -0.3 is 10.1 Å². The number of hydrogen-bond acceptors (Lipinski definition) is 2. The second kappa shape index (κ2) is 6.88. The standard InChI is InChI=1S/C17H18FNO2/c1-3-16(21-14-10-8-13(18)9-11-14)17(20)19-15-7-5-4-6-12(15)2/h4-11,16H,3H2,1-2H3,(H,19,20). The van der Waals surface area contributed by atoms with Crippen LogP contribution in [0.1, 0.15) is 18.9 Å². The summed E-state index contributed by atoms with van der Waals surface area (Å²) in [7, 11) is 0. The summed E-state index contributed by atoms with van der Waals surface area (Å²) in [6, 6.07) is 13.2. The predicted octanol–water partition coefficient (Wildman–Crippen LogP) is 3.93. The van der Waals surface area contributed by atoms with Gasteiger partial charge in [0.2, 0.25) is 0 Å². The average Bonchev–Trinajstić information content (AvgIpc) is 2.49. The van der Waals surface area contributed by atoms with E-state index in [0.717, 1.165) is 11.3 Å². The Labute approximate surface area is 123 Å². The van der Waals surface area contributed by atoms with Gasteiger partial charge in [0, 0.05) is 5.69 Å². The molecule has 0 aromatic heterocycles. The highest BCUT2D eigenvalue weighted by molar-refractivity contribution is 5.94. The first-order valence-corrected chi connectivity index (χ1v) is 6.89. The number of rotatable bonds is 5. The smallest absolute Gasteiger partial charge is 0.265 e. The zero-order valence-electron chi connectivity index (χ0n) is 12.1. The van der Waals surface area contributed by atoms with Crippen LogP contribution in [0, 0.1) is 12.7 Å². The highest BCUT2D eigenvalue weighted by atomic mass is 19.1. The number of anilines is 1. The molecule has 0 fully saturated rings. The van der Waals surface area contributed by atoms with Gasteiger partial charge in [-0.1, -0.05) is 25.1 Å². The molecule has 1 unspecified atom stereocenters. The lowest BCUT2D eigenvalue weighted by molar-refractivity contribution is -0.122. The lowest BCUT2D eigenvalue weighted by Gasteiger charge is -2.18. The van der Waals surface area contributed by atoms with Gasteiger partial charge in [-0.25, -0.2) is 4.39 Å². The molecule has 2 aromatic carbocycles. The molecule has 0 spiro atoms. The molecule has 0 heterocycles. The molecule has 1 amide bonds. The van der Waals surface area contributed by atoms with Gasteiger partial charge in [0.15, 0.2) is 6.10 Å². The molecule has 2 rings (SSSR count). The minimum Gasteiger partial charge on any atom is -0.481 e. The molecular formula is C17H18FNO2. The summed E-state index contributed by atoms with van der Waals surface area (Å²) in [4.78, 5) is 12.3. The Balaban J connectivity index is 2.05. The van der Waals surface area contributed by atoms with Gasteiger partial charge in [-0.2, -0.15) is 0 Å². The van der Waals surface area contributed by atoms with Crippen molar-refractivity contribution < 1.29 is 13.9 Å². The van der Waals surface area contributed by atoms with E-state index in [0.29, 0.717) is 12.2 Å². The number of nitrogens with one attached hydrogen (secondary N) is 1. The normalized spacial score (nSPS) is 11.8. The number of carbonyl (C=O) groups excluding carboxylic acids is 1. The minimum absolute atomic E-state index is 0.212. The molecule has 4 heteroatoms. The fraction of sp³-hybridized carbons (Fsp3) is 0.235. The number of benzene rings is 2. The van der Waals surface area contributed by atoms with Crippen LogP contribution < -0.4 is 10.1 Å². The number of para-hydroxylation sites is 1. The van der Waals surface area contributed by atoms with Crippen molar-refractivity contribution in [3.8, 4) is 5.75 Å². The lowest BCUT2D eigenvalue weighted by atomic mass is 10.2. The Hall–Kier alpha value is -2.36. The number of hydrogen-bond donors (Lipinski definition) is 1. The zero-order chi connectivity index (χ0) is 15.2. The molecule has 0 aliphatic heterocycles. The van der Waals surface area contributed by atoms with Gasteiger partial charge in [-0.3, -0.25) is 4.79 Å². The molecule has 0 aliphatic carbocycles. The molecule has 0 saturated heterocycles. The predicted molar refractivity (Wildman–Crippen MR) is 80.9 cm³/mol. The molecule has 110 valence electrons. The molecule has 0 bridgehead atoms. The largest absolute Gasteiger partial charge is 0.481 e. The number of aryl methyl sites for hydroxylation is 1. The fourth-order valence-electron chi connectivity index (χ4n) is 1.93. The maximum absolute atomic E-state index is 12.9. The van der Waals surface area contributed by atoms with E-state index in [-0.39, 0.29) is 11.7 Å². The maximum atomic E-state index is 12.9. The van der Waals surface area contributed by atoms with Crippen molar-refractivity contribution in [1.82, 2.24) is 0 Å². The van der Waals surface area contributed by atoms with Crippen molar-refractivity contribution in [2.45, 2.75) is 26.4 Å². The summed E-state index contributed by atoms with van der Waals surface area (Å²) >= 11 is 0. The van der Waals surface area contributed by atoms with E-state index in [4.69, 9.17) is 4.74 Å². The molecule has 0 radical (unpaired) electrons. The third kappa shape index (κ3) is 4.05. The first kappa shape index (κ1) is 15.0. The van der Waals surface area contributed by atoms with Gasteiger partial charge >= 0.3 is 0 Å². The second-order valence-corrected chi connectivity index (χ2v) is 4.77. The van der Waals surface area contributed by atoms with Gasteiger partial charge in [0.05, 0.1) is 0 Å². The van der Waals surface area contributed by atoms with Crippen LogP contribution in [-0.4, -0.2) is 12.0 Å². The first-order chi connectivity index (χ1) is 10.1. The quantitative estimate of drug-likeness (QED) is 0.905. The van der Waals surface area contributed by atoms with Gasteiger partial charge in [0.1, 0.15) is 11.6 Å². The van der Waals surface area contributed by atoms with Gasteiger partial charge in [-0.15, -0.1) is 0 Å². The highest BCUT2D eigenvalue weighted by Crippen LogP contribution is 2.17. The van der Waals surface area contributed by atoms with Gasteiger partial charge in [-0.05, 0) is 49.2 Å². The maximum Gasteiger partial charge on any atom is 0.265 e. The Bertz CT molecular complexity index is 610. The highest BCUT2D eigenvalue weighted by Gasteiger charge is 2.19. The van der Waals surface area contributed by atoms with Crippen molar-refractivity contribution in [3.05, 3.63) is 59.9 Å². The fourth-order valence-corrected chi connectivity index (χ4v) is 1.93. The number of ether oxygens (including phenoxy) is 1. The topological polar surface area (TPSA) is 38.3 Å². The van der Waals surface area contributed by atoms with Crippen LogP contribution in [0.3, 0.4) is 0 Å². The van der Waals surface area contributed by atoms with Crippen LogP contribution >= 0.6 is 0 Å². The van der Waals surface area contributed by atoms with E-state index in [9.17, 15) is 9.18 Å². The lowest BCUT2D eigenvalue weighted by Crippen LogP contribution is -2.32. The number of carbonyl (C=O) groups is 1. The van der Waals surface area contributed by atoms with E-state index >= 15 is 0 Å². The van der Waals surface area contributed by atoms with Crippen molar-refractivity contribution >= 4 is 11.6 Å². The SMILES string of the molecule is CCC(Oc1ccc(F)cc1)C(=O)Nc1ccccc1C. The average molecular weight is 287 g/mol. The summed E-state index contributed by atoms with van der Waals surface area (Å²) in [5.74, 6) is -0.0703. The van der Waals surface area contributed by atoms with Crippen LogP contribution in [0.25, 0.3) is 0 Å². The second-order valence-electron chi connectivity index (χ2n) is 4.77. The summed E-state index contributed by atoms with van der Waals surface area (Å²) in [5, 5.41) is 2.85. The van der Waals surface area contributed by atoms with Crippen molar-refractivity contribution in [2.75, 3.05) is 5.32 Å². The monoisotopic (exact) mass is 287 g/mol. The molecule has 21 heavy (non-hydrogen) atoms. The van der Waals surface area contributed by atoms with E-state index in [1.807, 2.05) is 38.1 Å². The van der Waals surface area contributed by atoms with Crippen LogP contribution in [0.5, 0.6) is 5.75 Å². The Morgan fingerprint density at radius 2 is 1.86 bits per heavy atom. The third-order valence-corrected chi connectivity index (χ3v) is 3.16. The number of halogens is 1. The van der Waals surface area contributed by atoms with E-state index in [1.165, 1.54) is 24.3 Å². The Morgan fingerprint density at radius 1 is 1.19 bits per heavy atom. The van der Waals surface area contributed by atoms with E-state index in [1.54, 1.807) is 0 Å². The minimum atomic E-state index is -0.616. The van der Waals surface area contributed by atoms with Crippen LogP contribution in [0.4, 0.5) is 10.1 Å². The Kier molecular flexibility index (Phi) is 4.93. The molecule has 0 aliphatic rings. The van der Waals surface area contributed by atoms with Crippen molar-refractivity contribution in [2.24, 2.45) is 0 Å². The van der Waals surface area contributed by atoms with Crippen molar-refractivity contribution in [3.63, 3.8) is 0 Å². The van der Waals surface area contributed by atoms with E-state index in [2.05, 4.69) is 5.32 Å². The molecule has 1 atom stereocenters. The third-order valence-electron chi connectivity index (χ3n) is 3.16. The molecule has 2 aromatic rings. The molecule has 0 saturated carbocycles. The first-order valence-electron chi connectivity index (χ1n) is 6.89. The zero-order valence-corrected chi connectivity index (χ0v) is 12.1. The summed E-state index contributed by atoms with van der Waals surface area (Å²) in [5.41, 5.74) is 1.76. The Morgan fingerprint density at radius 3 is 2.48 bits per heavy atom.